The van der Waals surface area contributed by atoms with E-state index in [4.69, 9.17) is 4.42 Å². The van der Waals surface area contributed by atoms with E-state index in [1.54, 1.807) is 54.6 Å². The van der Waals surface area contributed by atoms with Gasteiger partial charge < -0.3 is 4.42 Å². The molecule has 4 rings (SSSR count). The molecule has 0 radical (unpaired) electrons. The maximum absolute atomic E-state index is 13.1. The lowest BCUT2D eigenvalue weighted by Crippen LogP contribution is -2.45. The van der Waals surface area contributed by atoms with Gasteiger partial charge in [-0.05, 0) is 36.4 Å². The standard InChI is InChI=1S/C21H16N2O4/c24-19-14-17(20(25)23(19)16-10-5-2-6-11-16)22(15-8-3-1-4-9-15)21(26)18-12-7-13-27-18/h1-13,17H,14H2. The van der Waals surface area contributed by atoms with E-state index in [-0.39, 0.29) is 18.1 Å². The quantitative estimate of drug-likeness (QED) is 0.670. The highest BCUT2D eigenvalue weighted by Gasteiger charge is 2.45. The van der Waals surface area contributed by atoms with Gasteiger partial charge in [-0.25, -0.2) is 4.90 Å². The van der Waals surface area contributed by atoms with Gasteiger partial charge >= 0.3 is 0 Å². The number of benzene rings is 2. The number of amides is 3. The van der Waals surface area contributed by atoms with Crippen LogP contribution in [0.5, 0.6) is 0 Å². The minimum absolute atomic E-state index is 0.0882. The van der Waals surface area contributed by atoms with E-state index in [0.29, 0.717) is 11.4 Å². The van der Waals surface area contributed by atoms with Gasteiger partial charge in [0.2, 0.25) is 5.91 Å². The third-order valence-electron chi connectivity index (χ3n) is 4.43. The van der Waals surface area contributed by atoms with Crippen LogP contribution in [0.4, 0.5) is 11.4 Å². The van der Waals surface area contributed by atoms with Crippen LogP contribution in [0.1, 0.15) is 17.0 Å². The average Bonchev–Trinajstić information content (AvgIpc) is 3.32. The Morgan fingerprint density at radius 1 is 0.926 bits per heavy atom. The van der Waals surface area contributed by atoms with Crippen molar-refractivity contribution in [1.82, 2.24) is 0 Å². The molecule has 2 aromatic carbocycles. The molecule has 1 aromatic heterocycles. The molecular formula is C21H16N2O4. The van der Waals surface area contributed by atoms with Crippen LogP contribution in [0.15, 0.2) is 83.5 Å². The number of carbonyl (C=O) groups excluding carboxylic acids is 3. The summed E-state index contributed by atoms with van der Waals surface area (Å²) in [4.78, 5) is 41.2. The van der Waals surface area contributed by atoms with Crippen molar-refractivity contribution in [2.75, 3.05) is 9.80 Å². The van der Waals surface area contributed by atoms with Crippen molar-refractivity contribution in [1.29, 1.82) is 0 Å². The fourth-order valence-electron chi connectivity index (χ4n) is 3.21. The third kappa shape index (κ3) is 3.01. The summed E-state index contributed by atoms with van der Waals surface area (Å²) in [5, 5.41) is 0. The van der Waals surface area contributed by atoms with E-state index in [0.717, 1.165) is 4.90 Å². The molecule has 0 N–H and O–H groups in total. The Hall–Kier alpha value is -3.67. The van der Waals surface area contributed by atoms with Crippen LogP contribution in [0.2, 0.25) is 0 Å². The molecule has 1 fully saturated rings. The molecular weight excluding hydrogens is 344 g/mol. The predicted molar refractivity (Wildman–Crippen MR) is 99.3 cm³/mol. The van der Waals surface area contributed by atoms with Gasteiger partial charge in [-0.1, -0.05) is 36.4 Å². The first-order chi connectivity index (χ1) is 13.2. The average molecular weight is 360 g/mol. The molecule has 3 aromatic rings. The Balaban J connectivity index is 1.74. The SMILES string of the molecule is O=C1CC(N(C(=O)c2ccco2)c2ccccc2)C(=O)N1c1ccccc1. The first-order valence-electron chi connectivity index (χ1n) is 8.51. The van der Waals surface area contributed by atoms with Crippen molar-refractivity contribution in [3.8, 4) is 0 Å². The summed E-state index contributed by atoms with van der Waals surface area (Å²) >= 11 is 0. The zero-order valence-electron chi connectivity index (χ0n) is 14.3. The highest BCUT2D eigenvalue weighted by molar-refractivity contribution is 6.25. The van der Waals surface area contributed by atoms with Crippen LogP contribution in [-0.2, 0) is 9.59 Å². The predicted octanol–water partition coefficient (Wildman–Crippen LogP) is 3.26. The van der Waals surface area contributed by atoms with Gasteiger partial charge in [-0.2, -0.15) is 0 Å². The number of hydrogen-bond donors (Lipinski definition) is 0. The zero-order chi connectivity index (χ0) is 18.8. The normalized spacial score (nSPS) is 16.6. The van der Waals surface area contributed by atoms with E-state index < -0.39 is 17.9 Å². The number of furan rings is 1. The second-order valence-corrected chi connectivity index (χ2v) is 6.11. The Kier molecular flexibility index (Phi) is 4.30. The van der Waals surface area contributed by atoms with Crippen molar-refractivity contribution >= 4 is 29.1 Å². The molecule has 3 amide bonds. The van der Waals surface area contributed by atoms with Gasteiger partial charge in [0, 0.05) is 5.69 Å². The number of carbonyl (C=O) groups is 3. The molecule has 27 heavy (non-hydrogen) atoms. The smallest absolute Gasteiger partial charge is 0.294 e. The van der Waals surface area contributed by atoms with Crippen molar-refractivity contribution in [3.05, 3.63) is 84.8 Å². The van der Waals surface area contributed by atoms with E-state index in [1.807, 2.05) is 12.1 Å². The molecule has 0 aliphatic carbocycles. The first kappa shape index (κ1) is 16.8. The molecule has 1 unspecified atom stereocenters. The van der Waals surface area contributed by atoms with Gasteiger partial charge in [0.05, 0.1) is 18.4 Å². The van der Waals surface area contributed by atoms with Crippen LogP contribution in [-0.4, -0.2) is 23.8 Å². The topological polar surface area (TPSA) is 70.8 Å². The lowest BCUT2D eigenvalue weighted by molar-refractivity contribution is -0.121. The van der Waals surface area contributed by atoms with Crippen LogP contribution in [0, 0.1) is 0 Å². The number of imide groups is 1. The summed E-state index contributed by atoms with van der Waals surface area (Å²) in [6, 6.07) is 19.7. The van der Waals surface area contributed by atoms with Gasteiger partial charge in [0.25, 0.3) is 11.8 Å². The van der Waals surface area contributed by atoms with E-state index >= 15 is 0 Å². The number of anilines is 2. The molecule has 1 saturated heterocycles. The molecule has 6 nitrogen and oxygen atoms in total. The Morgan fingerprint density at radius 2 is 1.59 bits per heavy atom. The highest BCUT2D eigenvalue weighted by atomic mass is 16.3. The molecule has 0 bridgehead atoms. The number of para-hydroxylation sites is 2. The second-order valence-electron chi connectivity index (χ2n) is 6.11. The Bertz CT molecular complexity index is 968. The minimum atomic E-state index is -0.933. The van der Waals surface area contributed by atoms with Crippen LogP contribution < -0.4 is 9.80 Å². The summed E-state index contributed by atoms with van der Waals surface area (Å²) in [5.74, 6) is -1.14. The molecule has 6 heteroatoms. The zero-order valence-corrected chi connectivity index (χ0v) is 14.3. The van der Waals surface area contributed by atoms with Crippen molar-refractivity contribution in [2.45, 2.75) is 12.5 Å². The number of rotatable bonds is 4. The fraction of sp³-hybridized carbons (Fsp3) is 0.0952. The van der Waals surface area contributed by atoms with Gasteiger partial charge in [0.1, 0.15) is 6.04 Å². The van der Waals surface area contributed by atoms with E-state index in [2.05, 4.69) is 0 Å². The largest absolute Gasteiger partial charge is 0.459 e. The van der Waals surface area contributed by atoms with Crippen LogP contribution in [0.25, 0.3) is 0 Å². The molecule has 0 saturated carbocycles. The Morgan fingerprint density at radius 3 is 2.22 bits per heavy atom. The lowest BCUT2D eigenvalue weighted by Gasteiger charge is -2.27. The lowest BCUT2D eigenvalue weighted by atomic mass is 10.1. The number of nitrogens with zero attached hydrogens (tertiary/aromatic N) is 2. The summed E-state index contributed by atoms with van der Waals surface area (Å²) in [6.07, 6.45) is 1.31. The van der Waals surface area contributed by atoms with Crippen molar-refractivity contribution < 1.29 is 18.8 Å². The van der Waals surface area contributed by atoms with Gasteiger partial charge in [-0.15, -0.1) is 0 Å². The van der Waals surface area contributed by atoms with Gasteiger partial charge in [-0.3, -0.25) is 19.3 Å². The summed E-state index contributed by atoms with van der Waals surface area (Å²) in [7, 11) is 0. The minimum Gasteiger partial charge on any atom is -0.459 e. The van der Waals surface area contributed by atoms with E-state index in [9.17, 15) is 14.4 Å². The molecule has 1 aliphatic heterocycles. The molecule has 134 valence electrons. The summed E-state index contributed by atoms with van der Waals surface area (Å²) in [5.41, 5.74) is 1.02. The van der Waals surface area contributed by atoms with Crippen molar-refractivity contribution in [2.24, 2.45) is 0 Å². The third-order valence-corrected chi connectivity index (χ3v) is 4.43. The number of hydrogen-bond acceptors (Lipinski definition) is 4. The molecule has 2 heterocycles. The van der Waals surface area contributed by atoms with Crippen molar-refractivity contribution in [3.63, 3.8) is 0 Å². The second kappa shape index (κ2) is 6.92. The fourth-order valence-corrected chi connectivity index (χ4v) is 3.21. The highest BCUT2D eigenvalue weighted by Crippen LogP contribution is 2.30. The van der Waals surface area contributed by atoms with Crippen LogP contribution in [0.3, 0.4) is 0 Å². The monoisotopic (exact) mass is 360 g/mol. The summed E-state index contributed by atoms with van der Waals surface area (Å²) < 4.78 is 5.23. The van der Waals surface area contributed by atoms with E-state index in [1.165, 1.54) is 17.2 Å². The first-order valence-corrected chi connectivity index (χ1v) is 8.51. The molecule has 1 aliphatic rings. The maximum Gasteiger partial charge on any atom is 0.294 e. The molecule has 0 spiro atoms. The Labute approximate surface area is 155 Å². The summed E-state index contributed by atoms with van der Waals surface area (Å²) in [6.45, 7) is 0. The van der Waals surface area contributed by atoms with Gasteiger partial charge in [0.15, 0.2) is 5.76 Å². The molecule has 1 atom stereocenters. The van der Waals surface area contributed by atoms with Crippen LogP contribution >= 0.6 is 0 Å². The maximum atomic E-state index is 13.1.